The maximum Gasteiger partial charge on any atom is 0.275 e. The molecule has 2 aromatic rings. The molecule has 2 heterocycles. The summed E-state index contributed by atoms with van der Waals surface area (Å²) in [5, 5.41) is 5.92. The van der Waals surface area contributed by atoms with Crippen molar-refractivity contribution in [1.29, 1.82) is 0 Å². The fraction of sp³-hybridized carbons (Fsp3) is 0.421. The molecule has 1 fully saturated rings. The molecule has 0 unspecified atom stereocenters. The summed E-state index contributed by atoms with van der Waals surface area (Å²) in [6.07, 6.45) is 3.00. The Labute approximate surface area is 159 Å². The van der Waals surface area contributed by atoms with Gasteiger partial charge in [-0.15, -0.1) is 0 Å². The first kappa shape index (κ1) is 19.1. The number of hydrogen-bond acceptors (Lipinski definition) is 7. The van der Waals surface area contributed by atoms with Gasteiger partial charge >= 0.3 is 0 Å². The first-order valence-corrected chi connectivity index (χ1v) is 9.05. The monoisotopic (exact) mass is 370 g/mol. The first-order chi connectivity index (χ1) is 13.2. The van der Waals surface area contributed by atoms with Crippen molar-refractivity contribution < 1.29 is 9.53 Å². The van der Waals surface area contributed by atoms with Crippen LogP contribution in [0.15, 0.2) is 36.7 Å². The lowest BCUT2D eigenvalue weighted by Gasteiger charge is -2.34. The molecule has 8 nitrogen and oxygen atoms in total. The van der Waals surface area contributed by atoms with E-state index in [1.807, 2.05) is 24.3 Å². The van der Waals surface area contributed by atoms with Gasteiger partial charge in [0.1, 0.15) is 11.5 Å². The maximum atomic E-state index is 12.3. The average Bonchev–Trinajstić information content (AvgIpc) is 2.70. The number of likely N-dealkylation sites (N-methyl/N-ethyl adjacent to an activating group) is 1. The molecule has 1 aromatic carbocycles. The van der Waals surface area contributed by atoms with Gasteiger partial charge in [-0.2, -0.15) is 0 Å². The molecule has 0 atom stereocenters. The number of methoxy groups -OCH3 is 1. The number of ether oxygens (including phenoxy) is 1. The molecule has 27 heavy (non-hydrogen) atoms. The third-order valence-corrected chi connectivity index (χ3v) is 4.49. The Hall–Kier alpha value is -2.71. The van der Waals surface area contributed by atoms with Gasteiger partial charge in [-0.3, -0.25) is 4.79 Å². The van der Waals surface area contributed by atoms with E-state index in [1.54, 1.807) is 13.3 Å². The normalized spacial score (nSPS) is 14.8. The molecule has 3 rings (SSSR count). The largest absolute Gasteiger partial charge is 0.383 e. The van der Waals surface area contributed by atoms with Crippen LogP contribution in [0, 0.1) is 0 Å². The van der Waals surface area contributed by atoms with E-state index in [0.29, 0.717) is 19.0 Å². The lowest BCUT2D eigenvalue weighted by atomic mass is 10.2. The molecule has 1 saturated heterocycles. The number of piperazine rings is 1. The fourth-order valence-electron chi connectivity index (χ4n) is 2.83. The van der Waals surface area contributed by atoms with Gasteiger partial charge in [-0.05, 0) is 31.3 Å². The second kappa shape index (κ2) is 9.29. The highest BCUT2D eigenvalue weighted by Crippen LogP contribution is 2.19. The summed E-state index contributed by atoms with van der Waals surface area (Å²) < 4.78 is 4.96. The number of carbonyl (C=O) groups excluding carboxylic acids is 1. The minimum absolute atomic E-state index is 0.274. The second-order valence-corrected chi connectivity index (χ2v) is 6.50. The number of anilines is 3. The molecule has 1 aliphatic rings. The molecule has 0 radical (unpaired) electrons. The van der Waals surface area contributed by atoms with Crippen molar-refractivity contribution >= 4 is 23.1 Å². The molecule has 0 spiro atoms. The highest BCUT2D eigenvalue weighted by molar-refractivity contribution is 6.02. The van der Waals surface area contributed by atoms with E-state index in [0.717, 1.165) is 31.9 Å². The topological polar surface area (TPSA) is 82.6 Å². The minimum atomic E-state index is -0.279. The second-order valence-electron chi connectivity index (χ2n) is 6.50. The van der Waals surface area contributed by atoms with Crippen molar-refractivity contribution in [3.63, 3.8) is 0 Å². The number of hydrogen-bond donors (Lipinski definition) is 2. The lowest BCUT2D eigenvalue weighted by Crippen LogP contribution is -2.44. The van der Waals surface area contributed by atoms with Crippen LogP contribution in [0.4, 0.5) is 17.2 Å². The third-order valence-electron chi connectivity index (χ3n) is 4.49. The Balaban J connectivity index is 1.54. The molecule has 0 bridgehead atoms. The number of aromatic nitrogens is 2. The predicted octanol–water partition coefficient (Wildman–Crippen LogP) is 1.54. The van der Waals surface area contributed by atoms with E-state index in [1.165, 1.54) is 11.9 Å². The van der Waals surface area contributed by atoms with Crippen LogP contribution < -0.4 is 15.5 Å². The van der Waals surface area contributed by atoms with Crippen molar-refractivity contribution in [3.05, 3.63) is 42.4 Å². The van der Waals surface area contributed by atoms with Gasteiger partial charge in [-0.25, -0.2) is 9.97 Å². The fourth-order valence-corrected chi connectivity index (χ4v) is 2.83. The maximum absolute atomic E-state index is 12.3. The summed E-state index contributed by atoms with van der Waals surface area (Å²) in [4.78, 5) is 25.4. The van der Waals surface area contributed by atoms with E-state index in [9.17, 15) is 4.79 Å². The molecular weight excluding hydrogens is 344 g/mol. The van der Waals surface area contributed by atoms with Crippen molar-refractivity contribution in [2.75, 3.05) is 69.0 Å². The summed E-state index contributed by atoms with van der Waals surface area (Å²) in [7, 11) is 3.78. The van der Waals surface area contributed by atoms with Gasteiger partial charge in [0.15, 0.2) is 0 Å². The van der Waals surface area contributed by atoms with Gasteiger partial charge < -0.3 is 25.2 Å². The molecule has 0 saturated carbocycles. The number of benzene rings is 1. The van der Waals surface area contributed by atoms with E-state index in [2.05, 4.69) is 37.4 Å². The Morgan fingerprint density at radius 1 is 1.11 bits per heavy atom. The number of nitrogens with one attached hydrogen (secondary N) is 2. The number of rotatable bonds is 7. The molecule has 2 N–H and O–H groups in total. The van der Waals surface area contributed by atoms with Gasteiger partial charge in [0.25, 0.3) is 5.91 Å². The third kappa shape index (κ3) is 5.38. The van der Waals surface area contributed by atoms with Crippen LogP contribution in [0.1, 0.15) is 10.5 Å². The summed E-state index contributed by atoms with van der Waals surface area (Å²) in [5.74, 6) is 0.332. The Bertz CT molecular complexity index is 727. The van der Waals surface area contributed by atoms with Crippen LogP contribution in [-0.2, 0) is 4.74 Å². The lowest BCUT2D eigenvalue weighted by molar-refractivity contribution is 0.102. The van der Waals surface area contributed by atoms with Crippen LogP contribution in [-0.4, -0.2) is 74.3 Å². The van der Waals surface area contributed by atoms with Crippen LogP contribution in [0.5, 0.6) is 0 Å². The first-order valence-electron chi connectivity index (χ1n) is 9.05. The molecule has 1 aliphatic heterocycles. The number of nitrogens with zero attached hydrogens (tertiary/aromatic N) is 4. The molecular formula is C19H26N6O2. The average molecular weight is 370 g/mol. The summed E-state index contributed by atoms with van der Waals surface area (Å²) >= 11 is 0. The summed E-state index contributed by atoms with van der Waals surface area (Å²) in [6.45, 7) is 5.37. The summed E-state index contributed by atoms with van der Waals surface area (Å²) in [6, 6.07) is 7.91. The standard InChI is InChI=1S/C19H26N6O2/c1-24-8-10-25(11-9-24)16-5-3-15(4-6-16)23-19(26)17-13-22-18(14-21-17)20-7-12-27-2/h3-6,13-14H,7-12H2,1-2H3,(H,20,22)(H,23,26). The van der Waals surface area contributed by atoms with Crippen molar-refractivity contribution in [1.82, 2.24) is 14.9 Å². The minimum Gasteiger partial charge on any atom is -0.383 e. The van der Waals surface area contributed by atoms with Gasteiger partial charge in [-0.1, -0.05) is 0 Å². The highest BCUT2D eigenvalue weighted by Gasteiger charge is 2.14. The van der Waals surface area contributed by atoms with E-state index < -0.39 is 0 Å². The van der Waals surface area contributed by atoms with Crippen molar-refractivity contribution in [2.24, 2.45) is 0 Å². The zero-order valence-electron chi connectivity index (χ0n) is 15.8. The molecule has 1 aromatic heterocycles. The number of amides is 1. The van der Waals surface area contributed by atoms with Gasteiger partial charge in [0.05, 0.1) is 19.0 Å². The van der Waals surface area contributed by atoms with Gasteiger partial charge in [0, 0.05) is 51.2 Å². The van der Waals surface area contributed by atoms with E-state index in [-0.39, 0.29) is 11.6 Å². The van der Waals surface area contributed by atoms with Crippen molar-refractivity contribution in [2.45, 2.75) is 0 Å². The Morgan fingerprint density at radius 3 is 2.48 bits per heavy atom. The Kier molecular flexibility index (Phi) is 6.56. The van der Waals surface area contributed by atoms with E-state index >= 15 is 0 Å². The Morgan fingerprint density at radius 2 is 1.85 bits per heavy atom. The zero-order chi connectivity index (χ0) is 19.1. The van der Waals surface area contributed by atoms with Crippen LogP contribution in [0.25, 0.3) is 0 Å². The zero-order valence-corrected chi connectivity index (χ0v) is 15.8. The van der Waals surface area contributed by atoms with Crippen LogP contribution in [0.2, 0.25) is 0 Å². The molecule has 1 amide bonds. The predicted molar refractivity (Wildman–Crippen MR) is 107 cm³/mol. The SMILES string of the molecule is COCCNc1cnc(C(=O)Nc2ccc(N3CCN(C)CC3)cc2)cn1. The smallest absolute Gasteiger partial charge is 0.275 e. The van der Waals surface area contributed by atoms with Crippen molar-refractivity contribution in [3.8, 4) is 0 Å². The summed E-state index contributed by atoms with van der Waals surface area (Å²) in [5.41, 5.74) is 2.18. The van der Waals surface area contributed by atoms with E-state index in [4.69, 9.17) is 4.74 Å². The molecule has 144 valence electrons. The quantitative estimate of drug-likeness (QED) is 0.716. The van der Waals surface area contributed by atoms with Gasteiger partial charge in [0.2, 0.25) is 0 Å². The highest BCUT2D eigenvalue weighted by atomic mass is 16.5. The molecule has 0 aliphatic carbocycles. The molecule has 8 heteroatoms. The van der Waals surface area contributed by atoms with Crippen LogP contribution >= 0.6 is 0 Å². The number of carbonyl (C=O) groups is 1. The van der Waals surface area contributed by atoms with Crippen LogP contribution in [0.3, 0.4) is 0 Å².